The molecule has 2 aromatic carbocycles. The third kappa shape index (κ3) is 6.37. The molecule has 0 aliphatic rings. The molecule has 3 N–H and O–H groups in total. The molecule has 0 aliphatic carbocycles. The lowest BCUT2D eigenvalue weighted by Gasteiger charge is -2.13. The molecule has 0 fully saturated rings. The summed E-state index contributed by atoms with van der Waals surface area (Å²) in [6.07, 6.45) is 1.45. The van der Waals surface area contributed by atoms with E-state index < -0.39 is 16.0 Å². The van der Waals surface area contributed by atoms with Crippen molar-refractivity contribution in [3.8, 4) is 0 Å². The van der Waals surface area contributed by atoms with Gasteiger partial charge in [0, 0.05) is 18.8 Å². The van der Waals surface area contributed by atoms with E-state index >= 15 is 0 Å². The first-order chi connectivity index (χ1) is 12.8. The van der Waals surface area contributed by atoms with Crippen LogP contribution in [-0.2, 0) is 16.4 Å². The number of hydrogen-bond donors (Lipinski definition) is 3. The zero-order valence-electron chi connectivity index (χ0n) is 15.6. The molecule has 0 spiro atoms. The molecule has 0 atom stereocenters. The summed E-state index contributed by atoms with van der Waals surface area (Å²) >= 11 is 0. The van der Waals surface area contributed by atoms with Crippen LogP contribution in [0.5, 0.6) is 0 Å². The number of carbonyl (C=O) groups is 1. The Kier molecular flexibility index (Phi) is 7.38. The second kappa shape index (κ2) is 9.53. The van der Waals surface area contributed by atoms with Gasteiger partial charge < -0.3 is 10.4 Å². The van der Waals surface area contributed by atoms with Crippen molar-refractivity contribution in [2.24, 2.45) is 5.92 Å². The van der Waals surface area contributed by atoms with Crippen molar-refractivity contribution in [2.45, 2.75) is 31.6 Å². The fourth-order valence-corrected chi connectivity index (χ4v) is 3.65. The normalized spacial score (nSPS) is 11.5. The molecule has 0 saturated carbocycles. The highest BCUT2D eigenvalue weighted by Gasteiger charge is 2.18. The van der Waals surface area contributed by atoms with E-state index in [-0.39, 0.29) is 10.5 Å². The van der Waals surface area contributed by atoms with Crippen LogP contribution in [-0.4, -0.2) is 32.6 Å². The SMILES string of the molecule is CC(C)CCNS(=O)(=O)c1ccc(NCCc2ccccc2)c(C(=O)O)c1. The largest absolute Gasteiger partial charge is 0.478 e. The standard InChI is InChI=1S/C20H26N2O4S/c1-15(2)10-13-22-27(25,26)17-8-9-19(18(14-17)20(23)24)21-12-11-16-6-4-3-5-7-16/h3-9,14-15,21-22H,10-13H2,1-2H3,(H,23,24). The van der Waals surface area contributed by atoms with E-state index in [0.717, 1.165) is 12.0 Å². The fraction of sp³-hybridized carbons (Fsp3) is 0.350. The molecular formula is C20H26N2O4S. The van der Waals surface area contributed by atoms with E-state index in [1.54, 1.807) is 0 Å². The van der Waals surface area contributed by atoms with Gasteiger partial charge in [-0.25, -0.2) is 17.9 Å². The van der Waals surface area contributed by atoms with E-state index in [9.17, 15) is 18.3 Å². The van der Waals surface area contributed by atoms with E-state index in [1.165, 1.54) is 18.2 Å². The van der Waals surface area contributed by atoms with Gasteiger partial charge in [0.05, 0.1) is 10.5 Å². The van der Waals surface area contributed by atoms with Crippen molar-refractivity contribution in [1.29, 1.82) is 0 Å². The maximum atomic E-state index is 12.4. The van der Waals surface area contributed by atoms with Crippen LogP contribution in [0.1, 0.15) is 36.2 Å². The van der Waals surface area contributed by atoms with Gasteiger partial charge in [-0.05, 0) is 42.5 Å². The summed E-state index contributed by atoms with van der Waals surface area (Å²) in [5.41, 5.74) is 1.48. The smallest absolute Gasteiger partial charge is 0.337 e. The molecule has 0 unspecified atom stereocenters. The van der Waals surface area contributed by atoms with Gasteiger partial charge in [0.25, 0.3) is 0 Å². The van der Waals surface area contributed by atoms with Crippen molar-refractivity contribution in [1.82, 2.24) is 4.72 Å². The fourth-order valence-electron chi connectivity index (χ4n) is 2.57. The summed E-state index contributed by atoms with van der Waals surface area (Å²) in [7, 11) is -3.73. The van der Waals surface area contributed by atoms with Crippen molar-refractivity contribution in [2.75, 3.05) is 18.4 Å². The highest BCUT2D eigenvalue weighted by molar-refractivity contribution is 7.89. The Bertz CT molecular complexity index is 865. The second-order valence-corrected chi connectivity index (χ2v) is 8.52. The number of nitrogens with one attached hydrogen (secondary N) is 2. The minimum atomic E-state index is -3.73. The van der Waals surface area contributed by atoms with Crippen molar-refractivity contribution < 1.29 is 18.3 Å². The van der Waals surface area contributed by atoms with E-state index in [4.69, 9.17) is 0 Å². The molecule has 27 heavy (non-hydrogen) atoms. The summed E-state index contributed by atoms with van der Waals surface area (Å²) in [5.74, 6) is -0.796. The Morgan fingerprint density at radius 1 is 1.07 bits per heavy atom. The van der Waals surface area contributed by atoms with Crippen LogP contribution in [0.2, 0.25) is 0 Å². The quantitative estimate of drug-likeness (QED) is 0.578. The van der Waals surface area contributed by atoms with Crippen molar-refractivity contribution in [3.05, 3.63) is 59.7 Å². The first kappa shape index (κ1) is 20.9. The lowest BCUT2D eigenvalue weighted by molar-refractivity contribution is 0.0697. The van der Waals surface area contributed by atoms with Crippen LogP contribution in [0.4, 0.5) is 5.69 Å². The number of carboxylic acid groups (broad SMARTS) is 1. The van der Waals surface area contributed by atoms with E-state index in [0.29, 0.717) is 31.1 Å². The van der Waals surface area contributed by atoms with Gasteiger partial charge in [-0.2, -0.15) is 0 Å². The number of carboxylic acids is 1. The molecule has 0 saturated heterocycles. The maximum Gasteiger partial charge on any atom is 0.337 e. The second-order valence-electron chi connectivity index (χ2n) is 6.76. The number of benzene rings is 2. The molecule has 0 heterocycles. The lowest BCUT2D eigenvalue weighted by Crippen LogP contribution is -2.26. The van der Waals surface area contributed by atoms with Crippen molar-refractivity contribution in [3.63, 3.8) is 0 Å². The topological polar surface area (TPSA) is 95.5 Å². The Hall–Kier alpha value is -2.38. The third-order valence-electron chi connectivity index (χ3n) is 4.12. The maximum absolute atomic E-state index is 12.4. The summed E-state index contributed by atoms with van der Waals surface area (Å²) in [5, 5.41) is 12.5. The highest BCUT2D eigenvalue weighted by atomic mass is 32.2. The number of anilines is 1. The minimum absolute atomic E-state index is 0.0442. The Balaban J connectivity index is 2.10. The Morgan fingerprint density at radius 2 is 1.78 bits per heavy atom. The molecule has 2 rings (SSSR count). The molecule has 0 aromatic heterocycles. The highest BCUT2D eigenvalue weighted by Crippen LogP contribution is 2.21. The average Bonchev–Trinajstić information content (AvgIpc) is 2.62. The van der Waals surface area contributed by atoms with Crippen LogP contribution in [0, 0.1) is 5.92 Å². The van der Waals surface area contributed by atoms with Gasteiger partial charge >= 0.3 is 5.97 Å². The van der Waals surface area contributed by atoms with Gasteiger partial charge in [0.2, 0.25) is 10.0 Å². The van der Waals surface area contributed by atoms with Crippen LogP contribution in [0.3, 0.4) is 0 Å². The molecule has 2 aromatic rings. The van der Waals surface area contributed by atoms with E-state index in [1.807, 2.05) is 44.2 Å². The molecule has 6 nitrogen and oxygen atoms in total. The Labute approximate surface area is 160 Å². The number of rotatable bonds is 10. The molecular weight excluding hydrogens is 364 g/mol. The predicted molar refractivity (Wildman–Crippen MR) is 107 cm³/mol. The van der Waals surface area contributed by atoms with Crippen LogP contribution in [0.15, 0.2) is 53.4 Å². The average molecular weight is 391 g/mol. The molecule has 0 amide bonds. The third-order valence-corrected chi connectivity index (χ3v) is 5.58. The number of sulfonamides is 1. The molecule has 146 valence electrons. The summed E-state index contributed by atoms with van der Waals surface area (Å²) in [6.45, 7) is 4.88. The molecule has 0 aliphatic heterocycles. The van der Waals surface area contributed by atoms with Crippen LogP contribution < -0.4 is 10.0 Å². The first-order valence-corrected chi connectivity index (χ1v) is 10.4. The van der Waals surface area contributed by atoms with Gasteiger partial charge in [0.15, 0.2) is 0 Å². The predicted octanol–water partition coefficient (Wildman–Crippen LogP) is 3.36. The number of hydrogen-bond acceptors (Lipinski definition) is 4. The lowest BCUT2D eigenvalue weighted by atomic mass is 10.1. The van der Waals surface area contributed by atoms with Crippen molar-refractivity contribution >= 4 is 21.7 Å². The summed E-state index contributed by atoms with van der Waals surface area (Å²) in [4.78, 5) is 11.5. The first-order valence-electron chi connectivity index (χ1n) is 8.94. The minimum Gasteiger partial charge on any atom is -0.478 e. The van der Waals surface area contributed by atoms with Gasteiger partial charge in [-0.15, -0.1) is 0 Å². The van der Waals surface area contributed by atoms with Crippen LogP contribution in [0.25, 0.3) is 0 Å². The van der Waals surface area contributed by atoms with Gasteiger partial charge in [0.1, 0.15) is 0 Å². The summed E-state index contributed by atoms with van der Waals surface area (Å²) < 4.78 is 27.3. The van der Waals surface area contributed by atoms with Gasteiger partial charge in [-0.1, -0.05) is 44.2 Å². The molecule has 0 bridgehead atoms. The molecule has 0 radical (unpaired) electrons. The van der Waals surface area contributed by atoms with E-state index in [2.05, 4.69) is 10.0 Å². The monoisotopic (exact) mass is 390 g/mol. The molecule has 7 heteroatoms. The summed E-state index contributed by atoms with van der Waals surface area (Å²) in [6, 6.07) is 14.0. The zero-order chi connectivity index (χ0) is 19.9. The Morgan fingerprint density at radius 3 is 2.41 bits per heavy atom. The van der Waals surface area contributed by atoms with Gasteiger partial charge in [-0.3, -0.25) is 0 Å². The van der Waals surface area contributed by atoms with Crippen LogP contribution >= 0.6 is 0 Å². The zero-order valence-corrected chi connectivity index (χ0v) is 16.4. The number of aromatic carboxylic acids is 1.